The van der Waals surface area contributed by atoms with Crippen molar-refractivity contribution in [2.75, 3.05) is 25.2 Å². The number of nitrogens with zero attached hydrogens (tertiary/aromatic N) is 1. The quantitative estimate of drug-likeness (QED) is 0.295. The molecule has 1 amide bonds. The van der Waals surface area contributed by atoms with Crippen LogP contribution in [0, 0.1) is 23.3 Å². The molecule has 1 aromatic rings. The average Bonchev–Trinajstić information content (AvgIpc) is 3.46. The van der Waals surface area contributed by atoms with E-state index in [0.717, 1.165) is 56.2 Å². The van der Waals surface area contributed by atoms with Gasteiger partial charge >= 0.3 is 5.97 Å². The average molecular weight is 518 g/mol. The van der Waals surface area contributed by atoms with Crippen molar-refractivity contribution in [2.45, 2.75) is 89.8 Å². The number of amides is 1. The molecule has 2 saturated carbocycles. The van der Waals surface area contributed by atoms with Gasteiger partial charge in [0.05, 0.1) is 30.9 Å². The second kappa shape index (κ2) is 10.8. The van der Waals surface area contributed by atoms with Crippen LogP contribution in [0.15, 0.2) is 6.07 Å². The monoisotopic (exact) mass is 517 g/mol. The molecule has 35 heavy (non-hydrogen) atoms. The molecule has 2 heterocycles. The van der Waals surface area contributed by atoms with E-state index in [2.05, 4.69) is 38.0 Å². The van der Waals surface area contributed by atoms with Crippen LogP contribution in [0.2, 0.25) is 19.6 Å². The Bertz CT molecular complexity index is 979. The summed E-state index contributed by atoms with van der Waals surface area (Å²) in [6.07, 6.45) is 7.01. The van der Waals surface area contributed by atoms with Gasteiger partial charge in [0, 0.05) is 24.8 Å². The molecule has 3 fully saturated rings. The van der Waals surface area contributed by atoms with Gasteiger partial charge in [-0.05, 0) is 50.5 Å². The maximum atomic E-state index is 14.1. The van der Waals surface area contributed by atoms with E-state index >= 15 is 0 Å². The molecule has 0 aromatic carbocycles. The zero-order chi connectivity index (χ0) is 25.2. The summed E-state index contributed by atoms with van der Waals surface area (Å²) < 4.78 is 17.0. The van der Waals surface area contributed by atoms with Gasteiger partial charge in [-0.3, -0.25) is 4.79 Å². The van der Waals surface area contributed by atoms with Crippen LogP contribution in [0.5, 0.6) is 0 Å². The lowest BCUT2D eigenvalue weighted by atomic mass is 9.81. The minimum absolute atomic E-state index is 0.00363. The van der Waals surface area contributed by atoms with Crippen molar-refractivity contribution in [2.24, 2.45) is 11.8 Å². The van der Waals surface area contributed by atoms with E-state index in [0.29, 0.717) is 29.7 Å². The van der Waals surface area contributed by atoms with Crippen LogP contribution >= 0.6 is 11.3 Å². The molecule has 2 aliphatic carbocycles. The van der Waals surface area contributed by atoms with E-state index in [1.54, 1.807) is 0 Å². The summed E-state index contributed by atoms with van der Waals surface area (Å²) in [5.74, 6) is 3.17. The van der Waals surface area contributed by atoms with E-state index in [-0.39, 0.29) is 17.9 Å². The summed E-state index contributed by atoms with van der Waals surface area (Å²) >= 11 is 1.34. The van der Waals surface area contributed by atoms with E-state index in [4.69, 9.17) is 14.2 Å². The third-order valence-electron chi connectivity index (χ3n) is 7.40. The van der Waals surface area contributed by atoms with Crippen molar-refractivity contribution in [3.63, 3.8) is 0 Å². The van der Waals surface area contributed by atoms with Crippen LogP contribution < -0.4 is 4.90 Å². The first kappa shape index (κ1) is 26.4. The Labute approximate surface area is 214 Å². The Morgan fingerprint density at radius 3 is 2.29 bits per heavy atom. The second-order valence-corrected chi connectivity index (χ2v) is 17.1. The van der Waals surface area contributed by atoms with Crippen molar-refractivity contribution in [1.82, 2.24) is 0 Å². The number of thiophene rings is 1. The minimum Gasteiger partial charge on any atom is -0.465 e. The van der Waals surface area contributed by atoms with E-state index in [9.17, 15) is 9.59 Å². The summed E-state index contributed by atoms with van der Waals surface area (Å²) in [5.41, 5.74) is 4.06. The molecule has 3 aliphatic rings. The molecule has 0 unspecified atom stereocenters. The van der Waals surface area contributed by atoms with Gasteiger partial charge in [0.2, 0.25) is 5.91 Å². The lowest BCUT2D eigenvalue weighted by Gasteiger charge is -2.42. The minimum atomic E-state index is -1.60. The summed E-state index contributed by atoms with van der Waals surface area (Å²) in [6, 6.07) is 1.94. The number of carbonyl (C=O) groups excluding carboxylic acids is 2. The zero-order valence-electron chi connectivity index (χ0n) is 21.8. The molecule has 192 valence electrons. The summed E-state index contributed by atoms with van der Waals surface area (Å²) in [4.78, 5) is 30.2. The number of esters is 1. The van der Waals surface area contributed by atoms with Crippen LogP contribution in [0.25, 0.3) is 0 Å². The normalized spacial score (nSPS) is 24.6. The van der Waals surface area contributed by atoms with Gasteiger partial charge in [0.15, 0.2) is 5.79 Å². The van der Waals surface area contributed by atoms with Gasteiger partial charge < -0.3 is 19.1 Å². The smallest absolute Gasteiger partial charge is 0.350 e. The molecule has 6 nitrogen and oxygen atoms in total. The topological polar surface area (TPSA) is 65.1 Å². The Morgan fingerprint density at radius 1 is 1.09 bits per heavy atom. The number of hydrogen-bond donors (Lipinski definition) is 0. The summed E-state index contributed by atoms with van der Waals surface area (Å²) in [6.45, 7) is 10.1. The third kappa shape index (κ3) is 6.19. The number of rotatable bonds is 4. The van der Waals surface area contributed by atoms with Crippen molar-refractivity contribution >= 4 is 37.0 Å². The standard InChI is InChI=1S/C27H39NO5SSi/c1-19-6-8-20(9-7-19)25(29)28(21-10-13-27(14-11-21)32-15-16-33-27)23-18-22(12-17-35(3,4)5)34-24(23)26(30)31-2/h18-21H,6-11,13-16H2,1-5H3. The van der Waals surface area contributed by atoms with Crippen molar-refractivity contribution in [3.8, 4) is 11.5 Å². The summed E-state index contributed by atoms with van der Waals surface area (Å²) in [5, 5.41) is 0. The van der Waals surface area contributed by atoms with Crippen LogP contribution in [0.4, 0.5) is 5.69 Å². The van der Waals surface area contributed by atoms with E-state index in [1.165, 1.54) is 18.4 Å². The Kier molecular flexibility index (Phi) is 8.11. The second-order valence-electron chi connectivity index (χ2n) is 11.3. The maximum Gasteiger partial charge on any atom is 0.350 e. The number of carbonyl (C=O) groups is 2. The largest absolute Gasteiger partial charge is 0.465 e. The lowest BCUT2D eigenvalue weighted by molar-refractivity contribution is -0.179. The van der Waals surface area contributed by atoms with Crippen molar-refractivity contribution in [1.29, 1.82) is 0 Å². The first-order valence-corrected chi connectivity index (χ1v) is 17.3. The highest BCUT2D eigenvalue weighted by molar-refractivity contribution is 7.15. The Morgan fingerprint density at radius 2 is 1.71 bits per heavy atom. The molecular formula is C27H39NO5SSi. The fraction of sp³-hybridized carbons (Fsp3) is 0.704. The van der Waals surface area contributed by atoms with Gasteiger partial charge in [0.25, 0.3) is 0 Å². The fourth-order valence-corrected chi connectivity index (χ4v) is 6.92. The van der Waals surface area contributed by atoms with Gasteiger partial charge in [-0.2, -0.15) is 0 Å². The van der Waals surface area contributed by atoms with Crippen molar-refractivity contribution < 1.29 is 23.8 Å². The number of ether oxygens (including phenoxy) is 3. The maximum absolute atomic E-state index is 14.1. The number of hydrogen-bond acceptors (Lipinski definition) is 6. The van der Waals surface area contributed by atoms with Gasteiger partial charge in [-0.1, -0.05) is 32.5 Å². The molecule has 4 rings (SSSR count). The first-order valence-electron chi connectivity index (χ1n) is 13.0. The highest BCUT2D eigenvalue weighted by atomic mass is 32.1. The molecule has 8 heteroatoms. The van der Waals surface area contributed by atoms with E-state index < -0.39 is 19.8 Å². The van der Waals surface area contributed by atoms with Crippen LogP contribution in [-0.4, -0.2) is 52.1 Å². The molecule has 1 aromatic heterocycles. The van der Waals surface area contributed by atoms with Crippen LogP contribution in [0.3, 0.4) is 0 Å². The van der Waals surface area contributed by atoms with Crippen molar-refractivity contribution in [3.05, 3.63) is 15.8 Å². The molecule has 0 atom stereocenters. The van der Waals surface area contributed by atoms with Gasteiger partial charge in [-0.15, -0.1) is 16.9 Å². The van der Waals surface area contributed by atoms with Gasteiger partial charge in [0.1, 0.15) is 13.0 Å². The SMILES string of the molecule is COC(=O)c1sc(C#C[Si](C)(C)C)cc1N(C(=O)C1CCC(C)CC1)C1CCC2(CC1)OCCO2. The Hall–Kier alpha value is -1.66. The lowest BCUT2D eigenvalue weighted by Crippen LogP contribution is -2.49. The molecule has 0 radical (unpaired) electrons. The number of methoxy groups -OCH3 is 1. The molecule has 1 aliphatic heterocycles. The summed E-state index contributed by atoms with van der Waals surface area (Å²) in [7, 11) is -0.200. The molecule has 1 spiro atoms. The fourth-order valence-electron chi connectivity index (χ4n) is 5.40. The Balaban J connectivity index is 1.69. The third-order valence-corrected chi connectivity index (χ3v) is 9.30. The zero-order valence-corrected chi connectivity index (χ0v) is 23.6. The first-order chi connectivity index (χ1) is 16.6. The molecule has 1 saturated heterocycles. The predicted molar refractivity (Wildman–Crippen MR) is 141 cm³/mol. The molecular weight excluding hydrogens is 478 g/mol. The number of anilines is 1. The van der Waals surface area contributed by atoms with Crippen LogP contribution in [0.1, 0.15) is 72.8 Å². The molecule has 0 N–H and O–H groups in total. The highest BCUT2D eigenvalue weighted by Crippen LogP contribution is 2.42. The van der Waals surface area contributed by atoms with Gasteiger partial charge in [-0.25, -0.2) is 4.79 Å². The van der Waals surface area contributed by atoms with Crippen LogP contribution in [-0.2, 0) is 19.0 Å². The molecule has 0 bridgehead atoms. The highest BCUT2D eigenvalue weighted by Gasteiger charge is 2.44. The van der Waals surface area contributed by atoms with E-state index in [1.807, 2.05) is 11.0 Å². The predicted octanol–water partition coefficient (Wildman–Crippen LogP) is 5.61.